The van der Waals surface area contributed by atoms with E-state index in [4.69, 9.17) is 9.72 Å². The van der Waals surface area contributed by atoms with Crippen molar-refractivity contribution in [2.24, 2.45) is 0 Å². The first kappa shape index (κ1) is 15.3. The van der Waals surface area contributed by atoms with Crippen LogP contribution in [0.5, 0.6) is 5.75 Å². The summed E-state index contributed by atoms with van der Waals surface area (Å²) in [7, 11) is 0. The maximum atomic E-state index is 13.0. The summed E-state index contributed by atoms with van der Waals surface area (Å²) < 4.78 is 6.77. The van der Waals surface area contributed by atoms with E-state index in [-0.39, 0.29) is 12.2 Å². The number of esters is 1. The summed E-state index contributed by atoms with van der Waals surface area (Å²) in [6.45, 7) is 2.16. The fourth-order valence-electron chi connectivity index (χ4n) is 3.90. The van der Waals surface area contributed by atoms with Crippen molar-refractivity contribution in [1.82, 2.24) is 9.55 Å². The van der Waals surface area contributed by atoms with Crippen LogP contribution in [-0.4, -0.2) is 20.6 Å². The molecule has 0 aliphatic carbocycles. The molecule has 0 radical (unpaired) electrons. The Balaban J connectivity index is 1.81. The van der Waals surface area contributed by atoms with Crippen LogP contribution in [0.3, 0.4) is 0 Å². The third-order valence-electron chi connectivity index (χ3n) is 5.37. The van der Waals surface area contributed by atoms with Crippen molar-refractivity contribution in [3.8, 4) is 17.1 Å². The lowest BCUT2D eigenvalue weighted by Gasteiger charge is -2.32. The van der Waals surface area contributed by atoms with Gasteiger partial charge in [0, 0.05) is 16.5 Å². The zero-order valence-corrected chi connectivity index (χ0v) is 14.2. The second-order valence-corrected chi connectivity index (χ2v) is 6.89. The van der Waals surface area contributed by atoms with E-state index in [1.165, 1.54) is 0 Å². The van der Waals surface area contributed by atoms with Crippen LogP contribution < -0.4 is 10.3 Å². The van der Waals surface area contributed by atoms with E-state index in [0.717, 1.165) is 22.2 Å². The topological polar surface area (TPSA) is 81.4 Å². The number of para-hydroxylation sites is 1. The molecule has 6 heteroatoms. The van der Waals surface area contributed by atoms with Gasteiger partial charge in [-0.3, -0.25) is 14.2 Å². The standard InChI is InChI=1S/C20H16N2O4/c1-2-20(25)9-16(23)26-18-13(20)8-15-17-12(10-22(15)19(18)24)7-11-5-3-4-6-14(11)21-17/h3-8,25H,2,9-10H2,1H3/t20-/m1/s1. The zero-order chi connectivity index (χ0) is 18.1. The van der Waals surface area contributed by atoms with Crippen LogP contribution in [0.4, 0.5) is 0 Å². The van der Waals surface area contributed by atoms with Crippen molar-refractivity contribution in [1.29, 1.82) is 0 Å². The summed E-state index contributed by atoms with van der Waals surface area (Å²) in [5.41, 5.74) is 1.76. The second-order valence-electron chi connectivity index (χ2n) is 6.89. The van der Waals surface area contributed by atoms with Crippen LogP contribution >= 0.6 is 0 Å². The quantitative estimate of drug-likeness (QED) is 0.534. The fourth-order valence-corrected chi connectivity index (χ4v) is 3.90. The van der Waals surface area contributed by atoms with E-state index in [2.05, 4.69) is 0 Å². The van der Waals surface area contributed by atoms with Crippen LogP contribution in [0.15, 0.2) is 41.2 Å². The number of hydrogen-bond acceptors (Lipinski definition) is 5. The highest BCUT2D eigenvalue weighted by Crippen LogP contribution is 2.41. The maximum Gasteiger partial charge on any atom is 0.314 e. The van der Waals surface area contributed by atoms with E-state index in [9.17, 15) is 14.7 Å². The smallest absolute Gasteiger partial charge is 0.314 e. The monoisotopic (exact) mass is 348 g/mol. The zero-order valence-electron chi connectivity index (χ0n) is 14.2. The molecule has 3 aromatic rings. The van der Waals surface area contributed by atoms with E-state index < -0.39 is 17.1 Å². The summed E-state index contributed by atoms with van der Waals surface area (Å²) in [6.07, 6.45) is 0.160. The third kappa shape index (κ3) is 1.93. The molecule has 0 bridgehead atoms. The number of carbonyl (C=O) groups is 1. The molecular formula is C20H16N2O4. The molecule has 2 aliphatic rings. The van der Waals surface area contributed by atoms with Crippen LogP contribution in [-0.2, 0) is 16.9 Å². The number of nitrogens with zero attached hydrogens (tertiary/aromatic N) is 2. The highest BCUT2D eigenvalue weighted by Gasteiger charge is 2.42. The lowest BCUT2D eigenvalue weighted by atomic mass is 9.85. The number of ether oxygens (including phenoxy) is 1. The lowest BCUT2D eigenvalue weighted by molar-refractivity contribution is -0.143. The molecule has 0 amide bonds. The summed E-state index contributed by atoms with van der Waals surface area (Å²) in [5, 5.41) is 11.9. The van der Waals surface area contributed by atoms with Crippen molar-refractivity contribution in [2.45, 2.75) is 31.9 Å². The minimum Gasteiger partial charge on any atom is -0.420 e. The molecule has 4 heterocycles. The minimum absolute atomic E-state index is 0.0632. The average Bonchev–Trinajstić information content (AvgIpc) is 2.99. The van der Waals surface area contributed by atoms with Gasteiger partial charge in [0.25, 0.3) is 5.56 Å². The van der Waals surface area contributed by atoms with Crippen molar-refractivity contribution in [3.63, 3.8) is 0 Å². The second kappa shape index (κ2) is 5.02. The number of aromatic nitrogens is 2. The molecule has 1 atom stereocenters. The van der Waals surface area contributed by atoms with Gasteiger partial charge < -0.3 is 9.84 Å². The number of fused-ring (bicyclic) bond motifs is 5. The molecule has 1 aromatic carbocycles. The minimum atomic E-state index is -1.39. The Hall–Kier alpha value is -2.99. The molecule has 6 nitrogen and oxygen atoms in total. The van der Waals surface area contributed by atoms with E-state index in [0.29, 0.717) is 24.2 Å². The van der Waals surface area contributed by atoms with Crippen LogP contribution in [0, 0.1) is 0 Å². The number of pyridine rings is 2. The van der Waals surface area contributed by atoms with E-state index in [1.807, 2.05) is 30.3 Å². The Kier molecular flexibility index (Phi) is 2.95. The molecule has 5 rings (SSSR count). The van der Waals surface area contributed by atoms with Crippen LogP contribution in [0.2, 0.25) is 0 Å². The molecule has 0 unspecified atom stereocenters. The highest BCUT2D eigenvalue weighted by molar-refractivity contribution is 5.84. The summed E-state index contributed by atoms with van der Waals surface area (Å²) >= 11 is 0. The summed E-state index contributed by atoms with van der Waals surface area (Å²) in [5.74, 6) is -0.648. The van der Waals surface area contributed by atoms with Gasteiger partial charge in [0.15, 0.2) is 0 Å². The SMILES string of the molecule is CC[C@@]1(O)CC(=O)Oc2c1cc1n(c2=O)Cc2cc3ccccc3nc2-1. The van der Waals surface area contributed by atoms with Crippen molar-refractivity contribution < 1.29 is 14.6 Å². The number of benzene rings is 1. The van der Waals surface area contributed by atoms with E-state index >= 15 is 0 Å². The van der Waals surface area contributed by atoms with Gasteiger partial charge in [0.2, 0.25) is 5.75 Å². The molecule has 26 heavy (non-hydrogen) atoms. The largest absolute Gasteiger partial charge is 0.420 e. The molecule has 1 N–H and O–H groups in total. The molecular weight excluding hydrogens is 332 g/mol. The first-order valence-corrected chi connectivity index (χ1v) is 8.60. The number of rotatable bonds is 1. The average molecular weight is 348 g/mol. The predicted octanol–water partition coefficient (Wildman–Crippen LogP) is 2.33. The lowest BCUT2D eigenvalue weighted by Crippen LogP contribution is -2.39. The van der Waals surface area contributed by atoms with Crippen LogP contribution in [0.25, 0.3) is 22.3 Å². The number of hydrogen-bond donors (Lipinski definition) is 1. The Morgan fingerprint density at radius 2 is 2.08 bits per heavy atom. The molecule has 0 fully saturated rings. The molecule has 2 aliphatic heterocycles. The van der Waals surface area contributed by atoms with Gasteiger partial charge in [-0.2, -0.15) is 0 Å². The Bertz CT molecular complexity index is 1160. The van der Waals surface area contributed by atoms with Gasteiger partial charge in [0.1, 0.15) is 5.60 Å². The van der Waals surface area contributed by atoms with Gasteiger partial charge in [-0.15, -0.1) is 0 Å². The molecule has 0 spiro atoms. The number of carbonyl (C=O) groups excluding carboxylic acids is 1. The van der Waals surface area contributed by atoms with Crippen molar-refractivity contribution in [3.05, 3.63) is 57.9 Å². The predicted molar refractivity (Wildman–Crippen MR) is 95.0 cm³/mol. The third-order valence-corrected chi connectivity index (χ3v) is 5.37. The highest BCUT2D eigenvalue weighted by atomic mass is 16.5. The first-order valence-electron chi connectivity index (χ1n) is 8.60. The fraction of sp³-hybridized carbons (Fsp3) is 0.250. The van der Waals surface area contributed by atoms with Crippen molar-refractivity contribution >= 4 is 16.9 Å². The molecule has 130 valence electrons. The first-order chi connectivity index (χ1) is 12.5. The molecule has 0 saturated heterocycles. The van der Waals surface area contributed by atoms with Gasteiger partial charge in [-0.05, 0) is 24.6 Å². The Morgan fingerprint density at radius 3 is 2.88 bits per heavy atom. The molecule has 0 saturated carbocycles. The van der Waals surface area contributed by atoms with Gasteiger partial charge in [0.05, 0.1) is 29.9 Å². The number of aliphatic hydroxyl groups is 1. The Morgan fingerprint density at radius 1 is 1.27 bits per heavy atom. The van der Waals surface area contributed by atoms with Crippen LogP contribution in [0.1, 0.15) is 30.9 Å². The Labute approximate surface area is 148 Å². The normalized spacial score (nSPS) is 20.5. The summed E-state index contributed by atoms with van der Waals surface area (Å²) in [4.78, 5) is 29.6. The summed E-state index contributed by atoms with van der Waals surface area (Å²) in [6, 6.07) is 11.6. The van der Waals surface area contributed by atoms with Gasteiger partial charge in [-0.1, -0.05) is 25.1 Å². The van der Waals surface area contributed by atoms with Gasteiger partial charge in [-0.25, -0.2) is 4.98 Å². The molecule has 2 aromatic heterocycles. The van der Waals surface area contributed by atoms with Crippen molar-refractivity contribution in [2.75, 3.05) is 0 Å². The van der Waals surface area contributed by atoms with Gasteiger partial charge >= 0.3 is 5.97 Å². The van der Waals surface area contributed by atoms with E-state index in [1.54, 1.807) is 17.6 Å². The maximum absolute atomic E-state index is 13.0.